The maximum atomic E-state index is 13.8. The van der Waals surface area contributed by atoms with Crippen LogP contribution in [0, 0.1) is 3.57 Å². The lowest BCUT2D eigenvalue weighted by Gasteiger charge is -2.41. The Kier molecular flexibility index (Phi) is 16.8. The Labute approximate surface area is 271 Å². The SMILES string of the molecule is CCCCCCCCCCCC(=O)N(CC(F)(F)F)C1CC(C(=O)NCCO)=CC(Oc2c(I)cc(CO)cc2OC)C1O. The zero-order valence-electron chi connectivity index (χ0n) is 25.5. The van der Waals surface area contributed by atoms with E-state index >= 15 is 0 Å². The van der Waals surface area contributed by atoms with Crippen LogP contribution in [0.4, 0.5) is 13.2 Å². The number of carbonyl (C=O) groups is 2. The predicted octanol–water partition coefficient (Wildman–Crippen LogP) is 5.02. The number of nitrogens with one attached hydrogen (secondary N) is 1. The van der Waals surface area contributed by atoms with E-state index in [1.54, 1.807) is 6.07 Å². The molecule has 0 bridgehead atoms. The molecule has 0 aliphatic heterocycles. The molecule has 44 heavy (non-hydrogen) atoms. The summed E-state index contributed by atoms with van der Waals surface area (Å²) in [7, 11) is 1.37. The van der Waals surface area contributed by atoms with E-state index in [1.165, 1.54) is 32.1 Å². The highest BCUT2D eigenvalue weighted by Crippen LogP contribution is 2.37. The van der Waals surface area contributed by atoms with E-state index in [0.29, 0.717) is 26.9 Å². The van der Waals surface area contributed by atoms with Crippen molar-refractivity contribution >= 4 is 34.4 Å². The smallest absolute Gasteiger partial charge is 0.406 e. The molecule has 1 aliphatic carbocycles. The van der Waals surface area contributed by atoms with Crippen LogP contribution < -0.4 is 14.8 Å². The third-order valence-corrected chi connectivity index (χ3v) is 8.31. The van der Waals surface area contributed by atoms with Crippen LogP contribution in [0.1, 0.15) is 83.1 Å². The van der Waals surface area contributed by atoms with Crippen LogP contribution in [-0.4, -0.2) is 83.3 Å². The fraction of sp³-hybridized carbons (Fsp3) is 0.677. The second-order valence-corrected chi connectivity index (χ2v) is 12.2. The fourth-order valence-electron chi connectivity index (χ4n) is 5.21. The predicted molar refractivity (Wildman–Crippen MR) is 168 cm³/mol. The Balaban J connectivity index is 2.29. The molecule has 4 N–H and O–H groups in total. The number of halogens is 4. The van der Waals surface area contributed by atoms with Crippen LogP contribution in [0.2, 0.25) is 0 Å². The summed E-state index contributed by atoms with van der Waals surface area (Å²) in [4.78, 5) is 26.8. The highest BCUT2D eigenvalue weighted by molar-refractivity contribution is 14.1. The average molecular weight is 743 g/mol. The van der Waals surface area contributed by atoms with Gasteiger partial charge in [0.2, 0.25) is 11.8 Å². The van der Waals surface area contributed by atoms with Crippen molar-refractivity contribution in [1.82, 2.24) is 10.2 Å². The largest absolute Gasteiger partial charge is 0.493 e. The topological polar surface area (TPSA) is 129 Å². The first-order valence-electron chi connectivity index (χ1n) is 15.2. The molecule has 1 aromatic rings. The summed E-state index contributed by atoms with van der Waals surface area (Å²) in [6.07, 6.45) is 1.97. The molecule has 2 rings (SSSR count). The van der Waals surface area contributed by atoms with Gasteiger partial charge in [0.1, 0.15) is 18.8 Å². The Morgan fingerprint density at radius 1 is 1.07 bits per heavy atom. The van der Waals surface area contributed by atoms with Gasteiger partial charge in [-0.3, -0.25) is 9.59 Å². The first kappa shape index (κ1) is 38.1. The molecule has 2 amide bonds. The zero-order chi connectivity index (χ0) is 32.7. The van der Waals surface area contributed by atoms with E-state index in [0.717, 1.165) is 32.1 Å². The van der Waals surface area contributed by atoms with Crippen molar-refractivity contribution in [2.75, 3.05) is 26.8 Å². The van der Waals surface area contributed by atoms with Gasteiger partial charge in [0, 0.05) is 25.0 Å². The lowest BCUT2D eigenvalue weighted by Crippen LogP contribution is -2.57. The van der Waals surface area contributed by atoms with Gasteiger partial charge in [-0.1, -0.05) is 58.3 Å². The summed E-state index contributed by atoms with van der Waals surface area (Å²) in [6, 6.07) is 1.73. The number of carbonyl (C=O) groups excluding carboxylic acids is 2. The van der Waals surface area contributed by atoms with Gasteiger partial charge in [-0.15, -0.1) is 0 Å². The summed E-state index contributed by atoms with van der Waals surface area (Å²) < 4.78 is 53.3. The van der Waals surface area contributed by atoms with Crippen molar-refractivity contribution in [2.45, 2.75) is 109 Å². The van der Waals surface area contributed by atoms with Crippen molar-refractivity contribution in [3.63, 3.8) is 0 Å². The molecule has 9 nitrogen and oxygen atoms in total. The lowest BCUT2D eigenvalue weighted by atomic mass is 9.87. The third-order valence-electron chi connectivity index (χ3n) is 7.50. The first-order chi connectivity index (χ1) is 20.9. The Morgan fingerprint density at radius 2 is 1.70 bits per heavy atom. The maximum Gasteiger partial charge on any atom is 0.406 e. The number of hydrogen-bond donors (Lipinski definition) is 4. The molecule has 0 spiro atoms. The molecule has 0 radical (unpaired) electrons. The number of amides is 2. The van der Waals surface area contributed by atoms with Gasteiger partial charge in [0.15, 0.2) is 11.5 Å². The monoisotopic (exact) mass is 742 g/mol. The minimum Gasteiger partial charge on any atom is -0.493 e. The molecule has 13 heteroatoms. The van der Waals surface area contributed by atoms with E-state index < -0.39 is 42.8 Å². The highest BCUT2D eigenvalue weighted by atomic mass is 127. The lowest BCUT2D eigenvalue weighted by molar-refractivity contribution is -0.172. The van der Waals surface area contributed by atoms with Crippen LogP contribution >= 0.6 is 22.6 Å². The zero-order valence-corrected chi connectivity index (χ0v) is 27.7. The van der Waals surface area contributed by atoms with Crippen LogP contribution in [-0.2, 0) is 16.2 Å². The number of methoxy groups -OCH3 is 1. The number of benzene rings is 1. The number of aliphatic hydroxyl groups excluding tert-OH is 3. The second kappa shape index (κ2) is 19.4. The van der Waals surface area contributed by atoms with Gasteiger partial charge in [-0.05, 0) is 52.8 Å². The van der Waals surface area contributed by atoms with Crippen LogP contribution in [0.25, 0.3) is 0 Å². The van der Waals surface area contributed by atoms with Gasteiger partial charge in [-0.2, -0.15) is 13.2 Å². The summed E-state index contributed by atoms with van der Waals surface area (Å²) in [5.41, 5.74) is 0.543. The number of ether oxygens (including phenoxy) is 2. The molecule has 0 aromatic heterocycles. The van der Waals surface area contributed by atoms with Gasteiger partial charge < -0.3 is 35.0 Å². The number of alkyl halides is 3. The fourth-order valence-corrected chi connectivity index (χ4v) is 6.00. The van der Waals surface area contributed by atoms with Crippen molar-refractivity contribution in [3.8, 4) is 11.5 Å². The summed E-state index contributed by atoms with van der Waals surface area (Å²) in [5.74, 6) is -1.04. The van der Waals surface area contributed by atoms with Crippen LogP contribution in [0.15, 0.2) is 23.8 Å². The molecule has 250 valence electrons. The van der Waals surface area contributed by atoms with Gasteiger partial charge in [0.05, 0.1) is 29.9 Å². The van der Waals surface area contributed by atoms with Gasteiger partial charge in [0.25, 0.3) is 0 Å². The summed E-state index contributed by atoms with van der Waals surface area (Å²) >= 11 is 1.94. The summed E-state index contributed by atoms with van der Waals surface area (Å²) in [6.45, 7) is -0.155. The van der Waals surface area contributed by atoms with Crippen molar-refractivity contribution in [1.29, 1.82) is 0 Å². The van der Waals surface area contributed by atoms with Gasteiger partial charge >= 0.3 is 6.18 Å². The number of rotatable bonds is 19. The molecule has 3 atom stereocenters. The van der Waals surface area contributed by atoms with Crippen molar-refractivity contribution < 1.29 is 47.6 Å². The van der Waals surface area contributed by atoms with Crippen molar-refractivity contribution in [2.24, 2.45) is 0 Å². The molecule has 1 aliphatic rings. The van der Waals surface area contributed by atoms with Crippen LogP contribution in [0.5, 0.6) is 11.5 Å². The quantitative estimate of drug-likeness (QED) is 0.116. The Bertz CT molecular complexity index is 1090. The minimum absolute atomic E-state index is 0.0164. The second-order valence-electron chi connectivity index (χ2n) is 11.0. The van der Waals surface area contributed by atoms with E-state index in [9.17, 15) is 33.0 Å². The summed E-state index contributed by atoms with van der Waals surface area (Å²) in [5, 5.41) is 32.6. The van der Waals surface area contributed by atoms with E-state index in [-0.39, 0.29) is 49.7 Å². The molecule has 0 saturated heterocycles. The normalized spacial score (nSPS) is 18.5. The van der Waals surface area contributed by atoms with E-state index in [1.807, 2.05) is 22.6 Å². The van der Waals surface area contributed by atoms with Gasteiger partial charge in [-0.25, -0.2) is 0 Å². The molecule has 0 saturated carbocycles. The highest BCUT2D eigenvalue weighted by Gasteiger charge is 2.44. The number of unbranched alkanes of at least 4 members (excludes halogenated alkanes) is 8. The Morgan fingerprint density at radius 3 is 2.27 bits per heavy atom. The van der Waals surface area contributed by atoms with Crippen molar-refractivity contribution in [3.05, 3.63) is 32.9 Å². The molecule has 0 fully saturated rings. The average Bonchev–Trinajstić information content (AvgIpc) is 2.98. The maximum absolute atomic E-state index is 13.8. The van der Waals surface area contributed by atoms with E-state index in [4.69, 9.17) is 14.6 Å². The first-order valence-corrected chi connectivity index (χ1v) is 16.3. The third kappa shape index (κ3) is 12.4. The molecule has 0 heterocycles. The number of aliphatic hydroxyl groups is 3. The Hall–Kier alpha value is -2.10. The molecular formula is C31H46F3IN2O7. The molecular weight excluding hydrogens is 696 g/mol. The number of nitrogens with zero attached hydrogens (tertiary/aromatic N) is 1. The number of hydrogen-bond acceptors (Lipinski definition) is 7. The molecule has 3 unspecified atom stereocenters. The standard InChI is InChI=1S/C31H46F3IN2O7/c1-3-4-5-6-7-8-9-10-11-12-27(40)37(20-31(32,33)34)24-17-22(30(42)36-13-14-38)18-25(28(24)41)44-29-23(35)15-21(19-39)16-26(29)43-2/h15-16,18,24-25,28,38-39,41H,3-14,17,19-20H2,1-2H3,(H,36,42). The minimum atomic E-state index is -4.75. The molecule has 1 aromatic carbocycles. The van der Waals surface area contributed by atoms with Crippen LogP contribution in [0.3, 0.4) is 0 Å². The van der Waals surface area contributed by atoms with E-state index in [2.05, 4.69) is 12.2 Å².